The van der Waals surface area contributed by atoms with E-state index < -0.39 is 6.04 Å². The molecule has 1 aromatic heterocycles. The summed E-state index contributed by atoms with van der Waals surface area (Å²) in [5.41, 5.74) is 5.53. The zero-order valence-corrected chi connectivity index (χ0v) is 11.4. The summed E-state index contributed by atoms with van der Waals surface area (Å²) in [4.78, 5) is 19.9. The smallest absolute Gasteiger partial charge is 0.328 e. The van der Waals surface area contributed by atoms with Crippen molar-refractivity contribution in [3.63, 3.8) is 0 Å². The second-order valence-corrected chi connectivity index (χ2v) is 5.14. The molecule has 1 unspecified atom stereocenters. The molecule has 1 rings (SSSR count). The molecule has 6 nitrogen and oxygen atoms in total. The van der Waals surface area contributed by atoms with E-state index in [0.29, 0.717) is 17.5 Å². The third kappa shape index (κ3) is 3.58. The first-order valence-electron chi connectivity index (χ1n) is 5.73. The van der Waals surface area contributed by atoms with Crippen LogP contribution in [0, 0.1) is 0 Å². The maximum Gasteiger partial charge on any atom is 0.328 e. The van der Waals surface area contributed by atoms with Crippen LogP contribution >= 0.6 is 0 Å². The number of anilines is 2. The number of ether oxygens (including phenoxy) is 1. The number of nitrogen functional groups attached to an aromatic ring is 1. The number of carbonyl (C=O) groups is 1. The SMILES string of the molecule is COC(=O)C(C)Nc1cc(N)nc(C(C)(C)C)n1. The van der Waals surface area contributed by atoms with Crippen LogP contribution < -0.4 is 11.1 Å². The van der Waals surface area contributed by atoms with Crippen molar-refractivity contribution in [2.75, 3.05) is 18.2 Å². The lowest BCUT2D eigenvalue weighted by Gasteiger charge is -2.19. The summed E-state index contributed by atoms with van der Waals surface area (Å²) < 4.78 is 4.64. The number of esters is 1. The third-order valence-electron chi connectivity index (χ3n) is 2.34. The Morgan fingerprint density at radius 2 is 2.06 bits per heavy atom. The Balaban J connectivity index is 2.97. The number of rotatable bonds is 3. The molecule has 100 valence electrons. The van der Waals surface area contributed by atoms with Gasteiger partial charge in [-0.05, 0) is 6.92 Å². The number of hydrogen-bond donors (Lipinski definition) is 2. The zero-order valence-electron chi connectivity index (χ0n) is 11.4. The molecule has 0 aromatic carbocycles. The summed E-state index contributed by atoms with van der Waals surface area (Å²) in [5, 5.41) is 2.94. The number of carbonyl (C=O) groups excluding carboxylic acids is 1. The van der Waals surface area contributed by atoms with Gasteiger partial charge in [0, 0.05) is 11.5 Å². The average Bonchev–Trinajstić information content (AvgIpc) is 2.25. The van der Waals surface area contributed by atoms with Crippen molar-refractivity contribution in [2.24, 2.45) is 0 Å². The van der Waals surface area contributed by atoms with Crippen molar-refractivity contribution < 1.29 is 9.53 Å². The molecule has 3 N–H and O–H groups in total. The molecule has 0 aliphatic heterocycles. The number of nitrogens with one attached hydrogen (secondary N) is 1. The molecule has 0 aliphatic carbocycles. The molecular weight excluding hydrogens is 232 g/mol. The van der Waals surface area contributed by atoms with Crippen molar-refractivity contribution in [1.29, 1.82) is 0 Å². The molecule has 6 heteroatoms. The topological polar surface area (TPSA) is 90.1 Å². The Morgan fingerprint density at radius 3 is 2.56 bits per heavy atom. The molecule has 1 heterocycles. The lowest BCUT2D eigenvalue weighted by molar-refractivity contribution is -0.141. The quantitative estimate of drug-likeness (QED) is 0.789. The molecule has 0 radical (unpaired) electrons. The Labute approximate surface area is 107 Å². The lowest BCUT2D eigenvalue weighted by atomic mass is 9.96. The van der Waals surface area contributed by atoms with Gasteiger partial charge >= 0.3 is 5.97 Å². The minimum Gasteiger partial charge on any atom is -0.467 e. The number of methoxy groups -OCH3 is 1. The van der Waals surface area contributed by atoms with Crippen LogP contribution in [0.15, 0.2) is 6.07 Å². The van der Waals surface area contributed by atoms with Gasteiger partial charge in [-0.3, -0.25) is 0 Å². The second-order valence-electron chi connectivity index (χ2n) is 5.14. The second kappa shape index (κ2) is 5.20. The largest absolute Gasteiger partial charge is 0.467 e. The van der Waals surface area contributed by atoms with Gasteiger partial charge in [-0.2, -0.15) is 0 Å². The van der Waals surface area contributed by atoms with Gasteiger partial charge in [-0.1, -0.05) is 20.8 Å². The molecule has 0 spiro atoms. The molecule has 18 heavy (non-hydrogen) atoms. The van der Waals surface area contributed by atoms with E-state index in [0.717, 1.165) is 0 Å². The Hall–Kier alpha value is -1.85. The first-order valence-corrected chi connectivity index (χ1v) is 5.73. The Bertz CT molecular complexity index is 440. The Morgan fingerprint density at radius 1 is 1.44 bits per heavy atom. The van der Waals surface area contributed by atoms with Crippen molar-refractivity contribution in [3.05, 3.63) is 11.9 Å². The highest BCUT2D eigenvalue weighted by atomic mass is 16.5. The van der Waals surface area contributed by atoms with Crippen LogP contribution in [-0.4, -0.2) is 29.1 Å². The molecule has 1 aromatic rings. The fourth-order valence-electron chi connectivity index (χ4n) is 1.33. The van der Waals surface area contributed by atoms with Crippen LogP contribution in [0.5, 0.6) is 0 Å². The van der Waals surface area contributed by atoms with Gasteiger partial charge in [0.15, 0.2) is 0 Å². The van der Waals surface area contributed by atoms with E-state index in [1.165, 1.54) is 7.11 Å². The number of hydrogen-bond acceptors (Lipinski definition) is 6. The fraction of sp³-hybridized carbons (Fsp3) is 0.583. The minimum absolute atomic E-state index is 0.208. The van der Waals surface area contributed by atoms with Gasteiger partial charge in [0.2, 0.25) is 0 Å². The third-order valence-corrected chi connectivity index (χ3v) is 2.34. The Kier molecular flexibility index (Phi) is 4.11. The number of nitrogens with zero attached hydrogens (tertiary/aromatic N) is 2. The highest BCUT2D eigenvalue weighted by Gasteiger charge is 2.20. The van der Waals surface area contributed by atoms with Crippen LogP contribution in [0.4, 0.5) is 11.6 Å². The van der Waals surface area contributed by atoms with E-state index >= 15 is 0 Å². The van der Waals surface area contributed by atoms with Crippen LogP contribution in [0.25, 0.3) is 0 Å². The van der Waals surface area contributed by atoms with Crippen molar-refractivity contribution in [2.45, 2.75) is 39.2 Å². The van der Waals surface area contributed by atoms with Gasteiger partial charge in [0.25, 0.3) is 0 Å². The van der Waals surface area contributed by atoms with Crippen LogP contribution in [-0.2, 0) is 14.9 Å². The molecule has 0 fully saturated rings. The van der Waals surface area contributed by atoms with Gasteiger partial charge in [0.1, 0.15) is 23.5 Å². The van der Waals surface area contributed by atoms with E-state index in [-0.39, 0.29) is 11.4 Å². The van der Waals surface area contributed by atoms with E-state index in [9.17, 15) is 4.79 Å². The molecule has 0 saturated heterocycles. The maximum absolute atomic E-state index is 11.3. The first-order chi connectivity index (χ1) is 8.24. The predicted octanol–water partition coefficient (Wildman–Crippen LogP) is 1.33. The van der Waals surface area contributed by atoms with E-state index in [4.69, 9.17) is 5.73 Å². The highest BCUT2D eigenvalue weighted by molar-refractivity contribution is 5.78. The summed E-state index contributed by atoms with van der Waals surface area (Å²) >= 11 is 0. The van der Waals surface area contributed by atoms with Crippen LogP contribution in [0.2, 0.25) is 0 Å². The van der Waals surface area contributed by atoms with Crippen LogP contribution in [0.1, 0.15) is 33.5 Å². The molecule has 1 atom stereocenters. The van der Waals surface area contributed by atoms with Crippen molar-refractivity contribution in [1.82, 2.24) is 9.97 Å². The molecule has 0 saturated carbocycles. The summed E-state index contributed by atoms with van der Waals surface area (Å²) in [6.07, 6.45) is 0. The standard InChI is InChI=1S/C12H20N4O2/c1-7(10(17)18-5)14-9-6-8(13)15-11(16-9)12(2,3)4/h6-7H,1-5H3,(H3,13,14,15,16). The van der Waals surface area contributed by atoms with Crippen molar-refractivity contribution in [3.8, 4) is 0 Å². The highest BCUT2D eigenvalue weighted by Crippen LogP contribution is 2.21. The van der Waals surface area contributed by atoms with Crippen LogP contribution in [0.3, 0.4) is 0 Å². The van der Waals surface area contributed by atoms with E-state index in [1.54, 1.807) is 13.0 Å². The molecule has 0 amide bonds. The van der Waals surface area contributed by atoms with E-state index in [1.807, 2.05) is 20.8 Å². The van der Waals surface area contributed by atoms with Gasteiger partial charge in [0.05, 0.1) is 7.11 Å². The monoisotopic (exact) mass is 252 g/mol. The average molecular weight is 252 g/mol. The van der Waals surface area contributed by atoms with Gasteiger partial charge in [-0.25, -0.2) is 14.8 Å². The summed E-state index contributed by atoms with van der Waals surface area (Å²) in [6.45, 7) is 7.68. The van der Waals surface area contributed by atoms with Crippen molar-refractivity contribution >= 4 is 17.6 Å². The number of nitrogens with two attached hydrogens (primary N) is 1. The fourth-order valence-corrected chi connectivity index (χ4v) is 1.33. The summed E-state index contributed by atoms with van der Waals surface area (Å²) in [7, 11) is 1.34. The maximum atomic E-state index is 11.3. The number of aromatic nitrogens is 2. The van der Waals surface area contributed by atoms with E-state index in [2.05, 4.69) is 20.0 Å². The van der Waals surface area contributed by atoms with Gasteiger partial charge in [-0.15, -0.1) is 0 Å². The molecular formula is C12H20N4O2. The predicted molar refractivity (Wildman–Crippen MR) is 70.2 cm³/mol. The first kappa shape index (κ1) is 14.2. The van der Waals surface area contributed by atoms with Gasteiger partial charge < -0.3 is 15.8 Å². The molecule has 0 aliphatic rings. The normalized spacial score (nSPS) is 12.9. The molecule has 0 bridgehead atoms. The summed E-state index contributed by atoms with van der Waals surface area (Å²) in [6, 6.07) is 1.10. The lowest BCUT2D eigenvalue weighted by Crippen LogP contribution is -2.28. The summed E-state index contributed by atoms with van der Waals surface area (Å²) in [5.74, 6) is 1.16. The minimum atomic E-state index is -0.489. The zero-order chi connectivity index (χ0) is 13.9.